The van der Waals surface area contributed by atoms with Crippen LogP contribution in [0.1, 0.15) is 57.6 Å². The van der Waals surface area contributed by atoms with Crippen LogP contribution in [0.15, 0.2) is 10.9 Å². The van der Waals surface area contributed by atoms with E-state index in [9.17, 15) is 4.79 Å². The van der Waals surface area contributed by atoms with E-state index < -0.39 is 0 Å². The SMILES string of the molecule is CC(C)(C)c1cc(=O)[nH]c(C2CCCCN2)n1. The molecule has 0 radical (unpaired) electrons. The fourth-order valence-electron chi connectivity index (χ4n) is 2.11. The zero-order valence-corrected chi connectivity index (χ0v) is 10.8. The minimum atomic E-state index is -0.0856. The Morgan fingerprint density at radius 1 is 1.35 bits per heavy atom. The van der Waals surface area contributed by atoms with Crippen molar-refractivity contribution in [1.29, 1.82) is 0 Å². The molecule has 2 heterocycles. The molecule has 94 valence electrons. The highest BCUT2D eigenvalue weighted by atomic mass is 16.1. The molecule has 1 fully saturated rings. The van der Waals surface area contributed by atoms with Crippen LogP contribution in [0.4, 0.5) is 0 Å². The van der Waals surface area contributed by atoms with Crippen LogP contribution in [0, 0.1) is 0 Å². The van der Waals surface area contributed by atoms with Crippen LogP contribution in [0.25, 0.3) is 0 Å². The summed E-state index contributed by atoms with van der Waals surface area (Å²) in [6.45, 7) is 7.24. The second-order valence-electron chi connectivity index (χ2n) is 5.77. The second-order valence-corrected chi connectivity index (χ2v) is 5.77. The monoisotopic (exact) mass is 235 g/mol. The number of H-pyrrole nitrogens is 1. The molecule has 4 heteroatoms. The third kappa shape index (κ3) is 2.94. The van der Waals surface area contributed by atoms with Crippen LogP contribution in [0.3, 0.4) is 0 Å². The molecule has 2 rings (SSSR count). The molecule has 1 aromatic rings. The Morgan fingerprint density at radius 3 is 2.71 bits per heavy atom. The molecule has 0 bridgehead atoms. The highest BCUT2D eigenvalue weighted by Crippen LogP contribution is 2.22. The van der Waals surface area contributed by atoms with Crippen LogP contribution in [-0.4, -0.2) is 16.5 Å². The van der Waals surface area contributed by atoms with Crippen LogP contribution in [-0.2, 0) is 5.41 Å². The lowest BCUT2D eigenvalue weighted by atomic mass is 9.92. The standard InChI is InChI=1S/C13H21N3O/c1-13(2,3)10-8-11(17)16-12(15-10)9-6-4-5-7-14-9/h8-9,14H,4-7H2,1-3H3,(H,15,16,17). The molecular formula is C13H21N3O. The molecule has 0 aromatic carbocycles. The van der Waals surface area contributed by atoms with E-state index in [-0.39, 0.29) is 17.0 Å². The maximum absolute atomic E-state index is 11.7. The number of nitrogens with zero attached hydrogens (tertiary/aromatic N) is 1. The molecule has 0 spiro atoms. The number of piperidine rings is 1. The number of rotatable bonds is 1. The van der Waals surface area contributed by atoms with Gasteiger partial charge in [-0.25, -0.2) is 4.98 Å². The zero-order chi connectivity index (χ0) is 12.5. The van der Waals surface area contributed by atoms with Crippen molar-refractivity contribution >= 4 is 0 Å². The Kier molecular flexibility index (Phi) is 3.33. The number of aromatic nitrogens is 2. The van der Waals surface area contributed by atoms with Crippen molar-refractivity contribution in [3.8, 4) is 0 Å². The normalized spacial score (nSPS) is 21.5. The van der Waals surface area contributed by atoms with Gasteiger partial charge in [0.05, 0.1) is 11.7 Å². The largest absolute Gasteiger partial charge is 0.309 e. The first-order chi connectivity index (χ1) is 7.97. The highest BCUT2D eigenvalue weighted by Gasteiger charge is 2.21. The summed E-state index contributed by atoms with van der Waals surface area (Å²) in [6.07, 6.45) is 3.46. The molecular weight excluding hydrogens is 214 g/mol. The van der Waals surface area contributed by atoms with Gasteiger partial charge in [0.15, 0.2) is 0 Å². The Balaban J connectivity index is 2.34. The number of aromatic amines is 1. The lowest BCUT2D eigenvalue weighted by Gasteiger charge is -2.24. The van der Waals surface area contributed by atoms with Crippen molar-refractivity contribution < 1.29 is 0 Å². The lowest BCUT2D eigenvalue weighted by molar-refractivity contribution is 0.393. The van der Waals surface area contributed by atoms with Crippen molar-refractivity contribution in [2.45, 2.75) is 51.5 Å². The number of hydrogen-bond acceptors (Lipinski definition) is 3. The Morgan fingerprint density at radius 2 is 2.12 bits per heavy atom. The van der Waals surface area contributed by atoms with Gasteiger partial charge < -0.3 is 10.3 Å². The Labute approximate surface area is 102 Å². The first-order valence-electron chi connectivity index (χ1n) is 6.32. The maximum atomic E-state index is 11.7. The summed E-state index contributed by atoms with van der Waals surface area (Å²) in [7, 11) is 0. The summed E-state index contributed by atoms with van der Waals surface area (Å²) in [5, 5.41) is 3.41. The van der Waals surface area contributed by atoms with Gasteiger partial charge in [0, 0.05) is 11.5 Å². The molecule has 0 aliphatic carbocycles. The molecule has 1 unspecified atom stereocenters. The minimum absolute atomic E-state index is 0.0488. The minimum Gasteiger partial charge on any atom is -0.309 e. The van der Waals surface area contributed by atoms with Gasteiger partial charge in [-0.3, -0.25) is 4.79 Å². The molecule has 4 nitrogen and oxygen atoms in total. The smallest absolute Gasteiger partial charge is 0.251 e. The van der Waals surface area contributed by atoms with Gasteiger partial charge in [0.25, 0.3) is 5.56 Å². The highest BCUT2D eigenvalue weighted by molar-refractivity contribution is 5.14. The van der Waals surface area contributed by atoms with Crippen LogP contribution >= 0.6 is 0 Å². The summed E-state index contributed by atoms with van der Waals surface area (Å²) in [5.41, 5.74) is 0.730. The van der Waals surface area contributed by atoms with E-state index in [4.69, 9.17) is 0 Å². The van der Waals surface area contributed by atoms with E-state index >= 15 is 0 Å². The third-order valence-corrected chi connectivity index (χ3v) is 3.17. The van der Waals surface area contributed by atoms with Gasteiger partial charge in [-0.05, 0) is 19.4 Å². The van der Waals surface area contributed by atoms with E-state index in [2.05, 4.69) is 36.1 Å². The summed E-state index contributed by atoms with van der Waals surface area (Å²) >= 11 is 0. The average Bonchev–Trinajstić information content (AvgIpc) is 2.28. The van der Waals surface area contributed by atoms with E-state index in [1.165, 1.54) is 12.8 Å². The van der Waals surface area contributed by atoms with E-state index in [1.54, 1.807) is 6.07 Å². The molecule has 0 amide bonds. The van der Waals surface area contributed by atoms with Gasteiger partial charge in [-0.1, -0.05) is 27.2 Å². The first-order valence-corrected chi connectivity index (χ1v) is 6.32. The molecule has 17 heavy (non-hydrogen) atoms. The van der Waals surface area contributed by atoms with Crippen LogP contribution in [0.2, 0.25) is 0 Å². The molecule has 0 saturated carbocycles. The van der Waals surface area contributed by atoms with Crippen molar-refractivity contribution in [2.75, 3.05) is 6.54 Å². The van der Waals surface area contributed by atoms with Crippen molar-refractivity contribution in [1.82, 2.24) is 15.3 Å². The first kappa shape index (κ1) is 12.3. The molecule has 1 aromatic heterocycles. The summed E-state index contributed by atoms with van der Waals surface area (Å²) < 4.78 is 0. The van der Waals surface area contributed by atoms with Gasteiger partial charge >= 0.3 is 0 Å². The number of hydrogen-bond donors (Lipinski definition) is 2. The number of nitrogens with one attached hydrogen (secondary N) is 2. The van der Waals surface area contributed by atoms with Crippen molar-refractivity contribution in [2.24, 2.45) is 0 Å². The van der Waals surface area contributed by atoms with Crippen LogP contribution < -0.4 is 10.9 Å². The van der Waals surface area contributed by atoms with E-state index in [1.807, 2.05) is 0 Å². The third-order valence-electron chi connectivity index (χ3n) is 3.17. The fourth-order valence-corrected chi connectivity index (χ4v) is 2.11. The topological polar surface area (TPSA) is 57.8 Å². The van der Waals surface area contributed by atoms with Gasteiger partial charge in [-0.15, -0.1) is 0 Å². The predicted octanol–water partition coefficient (Wildman–Crippen LogP) is 1.88. The predicted molar refractivity (Wildman–Crippen MR) is 68.2 cm³/mol. The van der Waals surface area contributed by atoms with Crippen molar-refractivity contribution in [3.05, 3.63) is 27.9 Å². The molecule has 2 N–H and O–H groups in total. The quantitative estimate of drug-likeness (QED) is 0.781. The maximum Gasteiger partial charge on any atom is 0.251 e. The molecule has 1 atom stereocenters. The second kappa shape index (κ2) is 4.61. The van der Waals surface area contributed by atoms with Crippen LogP contribution in [0.5, 0.6) is 0 Å². The van der Waals surface area contributed by atoms with E-state index in [0.717, 1.165) is 24.5 Å². The summed E-state index contributed by atoms with van der Waals surface area (Å²) in [5.74, 6) is 0.794. The van der Waals surface area contributed by atoms with Gasteiger partial charge in [0.1, 0.15) is 5.82 Å². The van der Waals surface area contributed by atoms with Gasteiger partial charge in [0.2, 0.25) is 0 Å². The molecule has 1 aliphatic heterocycles. The van der Waals surface area contributed by atoms with Gasteiger partial charge in [-0.2, -0.15) is 0 Å². The fraction of sp³-hybridized carbons (Fsp3) is 0.692. The Hall–Kier alpha value is -1.16. The summed E-state index contributed by atoms with van der Waals surface area (Å²) in [4.78, 5) is 19.1. The van der Waals surface area contributed by atoms with E-state index in [0.29, 0.717) is 0 Å². The zero-order valence-electron chi connectivity index (χ0n) is 10.8. The molecule has 1 saturated heterocycles. The lowest BCUT2D eigenvalue weighted by Crippen LogP contribution is -2.31. The summed E-state index contributed by atoms with van der Waals surface area (Å²) in [6, 6.07) is 1.81. The molecule has 1 aliphatic rings. The average molecular weight is 235 g/mol. The van der Waals surface area contributed by atoms with Crippen molar-refractivity contribution in [3.63, 3.8) is 0 Å². The Bertz CT molecular complexity index is 439.